The summed E-state index contributed by atoms with van der Waals surface area (Å²) in [7, 11) is 1.64. The lowest BCUT2D eigenvalue weighted by atomic mass is 9.99. The summed E-state index contributed by atoms with van der Waals surface area (Å²) in [6, 6.07) is 13.4. The molecule has 0 saturated carbocycles. The first kappa shape index (κ1) is 20.5. The van der Waals surface area contributed by atoms with Crippen molar-refractivity contribution in [3.63, 3.8) is 0 Å². The molecule has 158 valence electrons. The molecule has 2 aromatic carbocycles. The first-order chi connectivity index (χ1) is 15.0. The molecule has 0 saturated heterocycles. The number of fused-ring (bicyclic) bond motifs is 3. The molecule has 3 aromatic rings. The second-order valence-corrected chi connectivity index (χ2v) is 7.30. The normalized spacial score (nSPS) is 14.7. The van der Waals surface area contributed by atoms with Crippen molar-refractivity contribution in [3.05, 3.63) is 77.4 Å². The summed E-state index contributed by atoms with van der Waals surface area (Å²) in [6.07, 6.45) is 1.99. The number of hydrogen-bond donors (Lipinski definition) is 1. The number of rotatable bonds is 6. The van der Waals surface area contributed by atoms with Gasteiger partial charge in [-0.05, 0) is 37.6 Å². The number of carbonyl (C=O) groups is 1. The van der Waals surface area contributed by atoms with Crippen molar-refractivity contribution in [3.8, 4) is 11.4 Å². The highest BCUT2D eigenvalue weighted by molar-refractivity contribution is 6.15. The van der Waals surface area contributed by atoms with Crippen LogP contribution in [0.1, 0.15) is 47.7 Å². The number of hydrogen-bond acceptors (Lipinski definition) is 5. The van der Waals surface area contributed by atoms with Crippen molar-refractivity contribution in [2.24, 2.45) is 4.99 Å². The molecular formula is C24H25N5O2. The van der Waals surface area contributed by atoms with Gasteiger partial charge in [-0.15, -0.1) is 10.2 Å². The summed E-state index contributed by atoms with van der Waals surface area (Å²) in [4.78, 5) is 17.5. The molecule has 2 heterocycles. The van der Waals surface area contributed by atoms with Crippen molar-refractivity contribution < 1.29 is 9.53 Å². The van der Waals surface area contributed by atoms with Gasteiger partial charge in [0.25, 0.3) is 0 Å². The number of aliphatic imine (C=N–C) groups is 1. The van der Waals surface area contributed by atoms with Crippen molar-refractivity contribution in [1.29, 1.82) is 0 Å². The molecule has 0 radical (unpaired) electrons. The Morgan fingerprint density at radius 3 is 2.68 bits per heavy atom. The van der Waals surface area contributed by atoms with Crippen molar-refractivity contribution in [2.45, 2.75) is 26.3 Å². The van der Waals surface area contributed by atoms with Crippen LogP contribution in [0.2, 0.25) is 0 Å². The molecule has 1 unspecified atom stereocenters. The summed E-state index contributed by atoms with van der Waals surface area (Å²) in [5.74, 6) is 2.03. The predicted molar refractivity (Wildman–Crippen MR) is 121 cm³/mol. The Bertz CT molecular complexity index is 1160. The molecule has 7 heteroatoms. The van der Waals surface area contributed by atoms with E-state index in [4.69, 9.17) is 9.73 Å². The van der Waals surface area contributed by atoms with Crippen LogP contribution in [-0.4, -0.2) is 40.0 Å². The molecule has 0 fully saturated rings. The second kappa shape index (κ2) is 8.55. The van der Waals surface area contributed by atoms with Gasteiger partial charge in [0, 0.05) is 17.7 Å². The van der Waals surface area contributed by atoms with Gasteiger partial charge >= 0.3 is 0 Å². The van der Waals surface area contributed by atoms with Crippen LogP contribution in [0.5, 0.6) is 5.75 Å². The average molecular weight is 415 g/mol. The minimum absolute atomic E-state index is 0.0756. The molecule has 1 aliphatic rings. The fourth-order valence-electron chi connectivity index (χ4n) is 3.79. The molecule has 1 amide bonds. The van der Waals surface area contributed by atoms with E-state index in [9.17, 15) is 4.79 Å². The molecule has 0 spiro atoms. The van der Waals surface area contributed by atoms with Crippen LogP contribution in [0.25, 0.3) is 11.8 Å². The number of methoxy groups -OCH3 is 1. The summed E-state index contributed by atoms with van der Waals surface area (Å²) in [5.41, 5.74) is 4.55. The van der Waals surface area contributed by atoms with Gasteiger partial charge in [-0.1, -0.05) is 36.9 Å². The molecule has 1 N–H and O–H groups in total. The van der Waals surface area contributed by atoms with Crippen molar-refractivity contribution in [1.82, 2.24) is 20.1 Å². The standard InChI is InChI=1S/C24H25N5O2/c1-5-16-7-9-17(10-8-16)23-19-13-18(31-4)11-12-21(19)29-15(3)27-28-24(29)20(26-23)14-22(30)25-6-2/h5,7-13,20H,1,6,14H2,2-4H3,(H,25,30). The monoisotopic (exact) mass is 415 g/mol. The van der Waals surface area contributed by atoms with Gasteiger partial charge in [-0.3, -0.25) is 14.4 Å². The largest absolute Gasteiger partial charge is 0.497 e. The molecule has 1 aromatic heterocycles. The van der Waals surface area contributed by atoms with Gasteiger partial charge in [-0.2, -0.15) is 0 Å². The number of aromatic nitrogens is 3. The van der Waals surface area contributed by atoms with Crippen LogP contribution in [0, 0.1) is 6.92 Å². The Balaban J connectivity index is 1.95. The number of nitrogens with one attached hydrogen (secondary N) is 1. The van der Waals surface area contributed by atoms with E-state index >= 15 is 0 Å². The Morgan fingerprint density at radius 1 is 1.23 bits per heavy atom. The van der Waals surface area contributed by atoms with Gasteiger partial charge in [-0.25, -0.2) is 0 Å². The van der Waals surface area contributed by atoms with Crippen LogP contribution in [0.15, 0.2) is 54.0 Å². The third-order valence-corrected chi connectivity index (χ3v) is 5.31. The molecule has 1 aliphatic heterocycles. The number of amides is 1. The fraction of sp³-hybridized carbons (Fsp3) is 0.250. The molecule has 7 nitrogen and oxygen atoms in total. The van der Waals surface area contributed by atoms with E-state index in [1.54, 1.807) is 13.2 Å². The predicted octanol–water partition coefficient (Wildman–Crippen LogP) is 3.65. The minimum Gasteiger partial charge on any atom is -0.497 e. The zero-order valence-corrected chi connectivity index (χ0v) is 17.9. The lowest BCUT2D eigenvalue weighted by Gasteiger charge is -2.14. The highest BCUT2D eigenvalue weighted by Crippen LogP contribution is 2.34. The average Bonchev–Trinajstić information content (AvgIpc) is 3.11. The van der Waals surface area contributed by atoms with Gasteiger partial charge in [0.05, 0.1) is 24.9 Å². The summed E-state index contributed by atoms with van der Waals surface area (Å²) >= 11 is 0. The van der Waals surface area contributed by atoms with E-state index in [-0.39, 0.29) is 12.3 Å². The SMILES string of the molecule is C=Cc1ccc(C2=NC(CC(=O)NCC)c3nnc(C)n3-c3ccc(OC)cc32)cc1. The van der Waals surface area contributed by atoms with Crippen LogP contribution in [0.4, 0.5) is 0 Å². The van der Waals surface area contributed by atoms with Crippen LogP contribution in [0.3, 0.4) is 0 Å². The Labute approximate surface area is 181 Å². The summed E-state index contributed by atoms with van der Waals surface area (Å²) in [5, 5.41) is 11.5. The third kappa shape index (κ3) is 3.86. The summed E-state index contributed by atoms with van der Waals surface area (Å²) in [6.45, 7) is 8.19. The zero-order chi connectivity index (χ0) is 22.0. The van der Waals surface area contributed by atoms with E-state index in [2.05, 4.69) is 22.1 Å². The van der Waals surface area contributed by atoms with E-state index < -0.39 is 6.04 Å². The van der Waals surface area contributed by atoms with E-state index in [1.807, 2.05) is 60.9 Å². The Kier molecular flexibility index (Phi) is 5.66. The molecule has 31 heavy (non-hydrogen) atoms. The number of carbonyl (C=O) groups excluding carboxylic acids is 1. The Hall–Kier alpha value is -3.74. The maximum Gasteiger partial charge on any atom is 0.222 e. The maximum atomic E-state index is 12.5. The third-order valence-electron chi connectivity index (χ3n) is 5.31. The second-order valence-electron chi connectivity index (χ2n) is 7.30. The highest BCUT2D eigenvalue weighted by Gasteiger charge is 2.29. The first-order valence-electron chi connectivity index (χ1n) is 10.2. The molecule has 4 rings (SSSR count). The highest BCUT2D eigenvalue weighted by atomic mass is 16.5. The number of nitrogens with zero attached hydrogens (tertiary/aromatic N) is 4. The Morgan fingerprint density at radius 2 is 2.00 bits per heavy atom. The van der Waals surface area contributed by atoms with Crippen LogP contribution >= 0.6 is 0 Å². The van der Waals surface area contributed by atoms with Gasteiger partial charge in [0.15, 0.2) is 5.82 Å². The van der Waals surface area contributed by atoms with Gasteiger partial charge < -0.3 is 10.1 Å². The lowest BCUT2D eigenvalue weighted by molar-refractivity contribution is -0.121. The lowest BCUT2D eigenvalue weighted by Crippen LogP contribution is -2.25. The number of aryl methyl sites for hydroxylation is 1. The van der Waals surface area contributed by atoms with Crippen molar-refractivity contribution in [2.75, 3.05) is 13.7 Å². The maximum absolute atomic E-state index is 12.5. The molecule has 1 atom stereocenters. The van der Waals surface area contributed by atoms with Gasteiger partial charge in [0.2, 0.25) is 5.91 Å². The van der Waals surface area contributed by atoms with Crippen LogP contribution in [-0.2, 0) is 4.79 Å². The minimum atomic E-state index is -0.472. The fourth-order valence-corrected chi connectivity index (χ4v) is 3.79. The zero-order valence-electron chi connectivity index (χ0n) is 17.9. The van der Waals surface area contributed by atoms with E-state index in [1.165, 1.54) is 0 Å². The first-order valence-corrected chi connectivity index (χ1v) is 10.2. The molecular weight excluding hydrogens is 390 g/mol. The van der Waals surface area contributed by atoms with E-state index in [0.717, 1.165) is 39.7 Å². The molecule has 0 aliphatic carbocycles. The van der Waals surface area contributed by atoms with Crippen LogP contribution < -0.4 is 10.1 Å². The number of benzene rings is 2. The molecule has 0 bridgehead atoms. The quantitative estimate of drug-likeness (QED) is 0.666. The van der Waals surface area contributed by atoms with Crippen molar-refractivity contribution >= 4 is 17.7 Å². The number of ether oxygens (including phenoxy) is 1. The topological polar surface area (TPSA) is 81.4 Å². The van der Waals surface area contributed by atoms with Gasteiger partial charge in [0.1, 0.15) is 17.6 Å². The summed E-state index contributed by atoms with van der Waals surface area (Å²) < 4.78 is 7.47. The smallest absolute Gasteiger partial charge is 0.222 e. The van der Waals surface area contributed by atoms with E-state index in [0.29, 0.717) is 12.4 Å².